The minimum Gasteiger partial charge on any atom is -0.449 e. The number of aromatic nitrogens is 3. The van der Waals surface area contributed by atoms with Gasteiger partial charge in [0, 0.05) is 22.3 Å². The number of aromatic amines is 1. The number of hydrogen-bond donors (Lipinski definition) is 2. The summed E-state index contributed by atoms with van der Waals surface area (Å²) in [6.45, 7) is 7.57. The largest absolute Gasteiger partial charge is 0.449 e. The number of pyridine rings is 1. The van der Waals surface area contributed by atoms with E-state index in [-0.39, 0.29) is 5.91 Å². The van der Waals surface area contributed by atoms with Crippen LogP contribution >= 0.6 is 0 Å². The van der Waals surface area contributed by atoms with Crippen molar-refractivity contribution in [2.45, 2.75) is 40.2 Å². The van der Waals surface area contributed by atoms with E-state index >= 15 is 0 Å². The number of nitrogens with zero attached hydrogens (tertiary/aromatic N) is 2. The molecule has 4 aromatic rings. The Kier molecular flexibility index (Phi) is 6.22. The predicted octanol–water partition coefficient (Wildman–Crippen LogP) is 5.12. The van der Waals surface area contributed by atoms with Crippen LogP contribution in [-0.2, 0) is 9.53 Å². The Morgan fingerprint density at radius 3 is 2.42 bits per heavy atom. The van der Waals surface area contributed by atoms with E-state index in [2.05, 4.69) is 20.3 Å². The van der Waals surface area contributed by atoms with Gasteiger partial charge in [-0.2, -0.15) is 0 Å². The summed E-state index contributed by atoms with van der Waals surface area (Å²) in [6, 6.07) is 16.4. The average Bonchev–Trinajstić information content (AvgIpc) is 3.15. The van der Waals surface area contributed by atoms with Crippen LogP contribution in [0.5, 0.6) is 0 Å². The van der Waals surface area contributed by atoms with E-state index in [1.165, 1.54) is 0 Å². The third kappa shape index (κ3) is 4.77. The van der Waals surface area contributed by atoms with Gasteiger partial charge in [0.05, 0.1) is 22.5 Å². The first-order valence-corrected chi connectivity index (χ1v) is 10.9. The third-order valence-electron chi connectivity index (χ3n) is 5.54. The average molecular weight is 443 g/mol. The SMILES string of the molecule is CCC(OC(=O)c1ccc(-c2nc(C)c(C)[nH]2)cc1)C(=O)Nc1cc(C)nc2ccccc12. The molecular weight excluding hydrogens is 416 g/mol. The molecule has 0 aliphatic rings. The van der Waals surface area contributed by atoms with Crippen molar-refractivity contribution in [3.8, 4) is 11.4 Å². The minimum atomic E-state index is -0.917. The Bertz CT molecular complexity index is 1310. The summed E-state index contributed by atoms with van der Waals surface area (Å²) in [5, 5.41) is 3.73. The number of amides is 1. The first kappa shape index (κ1) is 22.2. The number of fused-ring (bicyclic) bond motifs is 1. The van der Waals surface area contributed by atoms with Crippen LogP contribution in [0, 0.1) is 20.8 Å². The lowest BCUT2D eigenvalue weighted by Crippen LogP contribution is -2.32. The van der Waals surface area contributed by atoms with Gasteiger partial charge in [0.1, 0.15) is 5.82 Å². The summed E-state index contributed by atoms with van der Waals surface area (Å²) < 4.78 is 5.54. The van der Waals surface area contributed by atoms with E-state index in [0.29, 0.717) is 17.7 Å². The highest BCUT2D eigenvalue weighted by Crippen LogP contribution is 2.24. The molecule has 2 heterocycles. The molecule has 2 aromatic heterocycles. The lowest BCUT2D eigenvalue weighted by molar-refractivity contribution is -0.124. The second-order valence-corrected chi connectivity index (χ2v) is 7.99. The Labute approximate surface area is 192 Å². The molecule has 7 nitrogen and oxygen atoms in total. The molecule has 0 fully saturated rings. The van der Waals surface area contributed by atoms with Crippen LogP contribution in [0.3, 0.4) is 0 Å². The highest BCUT2D eigenvalue weighted by Gasteiger charge is 2.23. The summed E-state index contributed by atoms with van der Waals surface area (Å²) >= 11 is 0. The normalized spacial score (nSPS) is 11.9. The molecule has 1 unspecified atom stereocenters. The molecular formula is C26H26N4O3. The molecule has 0 aliphatic carbocycles. The maximum Gasteiger partial charge on any atom is 0.338 e. The Morgan fingerprint density at radius 2 is 1.76 bits per heavy atom. The Morgan fingerprint density at radius 1 is 1.03 bits per heavy atom. The van der Waals surface area contributed by atoms with Gasteiger partial charge in [-0.15, -0.1) is 0 Å². The molecule has 0 radical (unpaired) electrons. The van der Waals surface area contributed by atoms with Crippen LogP contribution in [0.2, 0.25) is 0 Å². The Hall–Kier alpha value is -4.00. The summed E-state index contributed by atoms with van der Waals surface area (Å²) in [7, 11) is 0. The molecule has 0 saturated heterocycles. The molecule has 7 heteroatoms. The maximum absolute atomic E-state index is 12.9. The van der Waals surface area contributed by atoms with E-state index in [1.54, 1.807) is 31.2 Å². The molecule has 0 saturated carbocycles. The van der Waals surface area contributed by atoms with Gasteiger partial charge in [0.15, 0.2) is 6.10 Å². The van der Waals surface area contributed by atoms with Crippen molar-refractivity contribution < 1.29 is 14.3 Å². The smallest absolute Gasteiger partial charge is 0.338 e. The molecule has 168 valence electrons. The number of nitrogens with one attached hydrogen (secondary N) is 2. The molecule has 2 N–H and O–H groups in total. The van der Waals surface area contributed by atoms with E-state index in [0.717, 1.165) is 39.4 Å². The van der Waals surface area contributed by atoms with Gasteiger partial charge in [0.25, 0.3) is 5.91 Å². The number of carbonyl (C=O) groups excluding carboxylic acids is 2. The van der Waals surface area contributed by atoms with Crippen LogP contribution in [0.1, 0.15) is 40.8 Å². The second-order valence-electron chi connectivity index (χ2n) is 7.99. The van der Waals surface area contributed by atoms with Gasteiger partial charge in [-0.3, -0.25) is 9.78 Å². The molecule has 0 spiro atoms. The van der Waals surface area contributed by atoms with Crippen molar-refractivity contribution >= 4 is 28.5 Å². The Balaban J connectivity index is 1.47. The van der Waals surface area contributed by atoms with Gasteiger partial charge in [-0.1, -0.05) is 37.3 Å². The third-order valence-corrected chi connectivity index (χ3v) is 5.54. The van der Waals surface area contributed by atoms with Crippen LogP contribution in [0.4, 0.5) is 5.69 Å². The van der Waals surface area contributed by atoms with Gasteiger partial charge in [-0.05, 0) is 51.5 Å². The number of ether oxygens (including phenoxy) is 1. The first-order valence-electron chi connectivity index (χ1n) is 10.9. The number of aryl methyl sites for hydroxylation is 3. The van der Waals surface area contributed by atoms with Crippen molar-refractivity contribution in [1.82, 2.24) is 15.0 Å². The molecule has 0 aliphatic heterocycles. The molecule has 2 aromatic carbocycles. The van der Waals surface area contributed by atoms with Crippen molar-refractivity contribution in [2.75, 3.05) is 5.32 Å². The standard InChI is InChI=1S/C26H26N4O3/c1-5-23(25(31)30-22-14-15(2)27-21-9-7-6-8-20(21)22)33-26(32)19-12-10-18(11-13-19)24-28-16(3)17(4)29-24/h6-14,23H,5H2,1-4H3,(H,28,29)(H,27,30,31). The molecule has 1 amide bonds. The van der Waals surface area contributed by atoms with Crippen molar-refractivity contribution in [1.29, 1.82) is 0 Å². The zero-order chi connectivity index (χ0) is 23.5. The predicted molar refractivity (Wildman–Crippen MR) is 128 cm³/mol. The van der Waals surface area contributed by atoms with Crippen LogP contribution in [-0.4, -0.2) is 32.9 Å². The molecule has 33 heavy (non-hydrogen) atoms. The summed E-state index contributed by atoms with van der Waals surface area (Å²) in [5.74, 6) is -0.179. The monoisotopic (exact) mass is 442 g/mol. The fraction of sp³-hybridized carbons (Fsp3) is 0.231. The first-order chi connectivity index (χ1) is 15.9. The number of anilines is 1. The van der Waals surface area contributed by atoms with E-state index in [4.69, 9.17) is 4.74 Å². The van der Waals surface area contributed by atoms with Gasteiger partial charge < -0.3 is 15.0 Å². The zero-order valence-electron chi connectivity index (χ0n) is 19.1. The lowest BCUT2D eigenvalue weighted by atomic mass is 10.1. The number of carbonyl (C=O) groups is 2. The number of rotatable bonds is 6. The summed E-state index contributed by atoms with van der Waals surface area (Å²) in [4.78, 5) is 37.8. The second kappa shape index (κ2) is 9.24. The fourth-order valence-electron chi connectivity index (χ4n) is 3.59. The topological polar surface area (TPSA) is 97.0 Å². The van der Waals surface area contributed by atoms with E-state index < -0.39 is 12.1 Å². The van der Waals surface area contributed by atoms with Crippen molar-refractivity contribution in [2.24, 2.45) is 0 Å². The van der Waals surface area contributed by atoms with Gasteiger partial charge in [0.2, 0.25) is 0 Å². The highest BCUT2D eigenvalue weighted by atomic mass is 16.5. The van der Waals surface area contributed by atoms with E-state index in [1.807, 2.05) is 51.1 Å². The van der Waals surface area contributed by atoms with Crippen LogP contribution < -0.4 is 5.32 Å². The molecule has 1 atom stereocenters. The van der Waals surface area contributed by atoms with Crippen molar-refractivity contribution in [3.05, 3.63) is 77.2 Å². The van der Waals surface area contributed by atoms with Crippen molar-refractivity contribution in [3.63, 3.8) is 0 Å². The number of H-pyrrole nitrogens is 1. The van der Waals surface area contributed by atoms with E-state index in [9.17, 15) is 9.59 Å². The highest BCUT2D eigenvalue weighted by molar-refractivity contribution is 6.03. The quantitative estimate of drug-likeness (QED) is 0.404. The molecule has 0 bridgehead atoms. The van der Waals surface area contributed by atoms with Crippen LogP contribution in [0.25, 0.3) is 22.3 Å². The molecule has 4 rings (SSSR count). The number of benzene rings is 2. The lowest BCUT2D eigenvalue weighted by Gasteiger charge is -2.17. The van der Waals surface area contributed by atoms with Gasteiger partial charge >= 0.3 is 5.97 Å². The minimum absolute atomic E-state index is 0.350. The van der Waals surface area contributed by atoms with Gasteiger partial charge in [-0.25, -0.2) is 9.78 Å². The summed E-state index contributed by atoms with van der Waals surface area (Å²) in [5.41, 5.74) is 5.40. The fourth-order valence-corrected chi connectivity index (χ4v) is 3.59. The zero-order valence-corrected chi connectivity index (χ0v) is 19.1. The van der Waals surface area contributed by atoms with Crippen LogP contribution in [0.15, 0.2) is 54.6 Å². The maximum atomic E-state index is 12.9. The number of hydrogen-bond acceptors (Lipinski definition) is 5. The summed E-state index contributed by atoms with van der Waals surface area (Å²) in [6.07, 6.45) is -0.567. The number of imidazole rings is 1. The number of esters is 1. The number of para-hydroxylation sites is 1.